The number of hydrogen-bond acceptors (Lipinski definition) is 5. The van der Waals surface area contributed by atoms with Crippen LogP contribution in [0.2, 0.25) is 5.02 Å². The molecular weight excluding hydrogens is 486 g/mol. The molecule has 3 aromatic carbocycles. The second-order valence-electron chi connectivity index (χ2n) is 9.49. The van der Waals surface area contributed by atoms with Crippen molar-refractivity contribution in [2.75, 3.05) is 20.2 Å². The topological polar surface area (TPSA) is 70.7 Å². The molecule has 194 valence electrons. The summed E-state index contributed by atoms with van der Waals surface area (Å²) < 4.78 is 5.25. The molecule has 0 radical (unpaired) electrons. The van der Waals surface area contributed by atoms with E-state index < -0.39 is 0 Å². The fourth-order valence-electron chi connectivity index (χ4n) is 4.70. The number of hydrogen-bond donors (Lipinski definition) is 2. The summed E-state index contributed by atoms with van der Waals surface area (Å²) in [6.07, 6.45) is 1.43. The molecule has 0 spiro atoms. The van der Waals surface area contributed by atoms with Gasteiger partial charge >= 0.3 is 0 Å². The van der Waals surface area contributed by atoms with Crippen LogP contribution in [0.1, 0.15) is 40.4 Å². The third-order valence-electron chi connectivity index (χ3n) is 6.86. The Bertz CT molecular complexity index is 1200. The van der Waals surface area contributed by atoms with E-state index in [4.69, 9.17) is 16.3 Å². The van der Waals surface area contributed by atoms with Crippen molar-refractivity contribution in [3.63, 3.8) is 0 Å². The van der Waals surface area contributed by atoms with E-state index in [1.807, 2.05) is 60.7 Å². The summed E-state index contributed by atoms with van der Waals surface area (Å²) in [5.74, 6) is 0.915. The van der Waals surface area contributed by atoms with Crippen LogP contribution >= 0.6 is 11.6 Å². The summed E-state index contributed by atoms with van der Waals surface area (Å²) in [6.45, 7) is 4.19. The van der Waals surface area contributed by atoms with Gasteiger partial charge in [0.05, 0.1) is 13.2 Å². The number of Topliss-reactive ketones (excluding diaryl/α,β-unsaturated/α-hetero) is 1. The predicted octanol–water partition coefficient (Wildman–Crippen LogP) is 4.64. The molecule has 37 heavy (non-hydrogen) atoms. The van der Waals surface area contributed by atoms with E-state index in [0.29, 0.717) is 30.1 Å². The van der Waals surface area contributed by atoms with E-state index in [2.05, 4.69) is 27.7 Å². The molecule has 2 N–H and O–H groups in total. The number of ketones is 1. The molecule has 1 aliphatic rings. The average Bonchev–Trinajstić information content (AvgIpc) is 3.32. The molecule has 0 aromatic heterocycles. The van der Waals surface area contributed by atoms with Gasteiger partial charge in [0.25, 0.3) is 0 Å². The molecule has 3 aromatic rings. The van der Waals surface area contributed by atoms with E-state index in [0.717, 1.165) is 36.4 Å². The van der Waals surface area contributed by atoms with Crippen LogP contribution in [0, 0.1) is 0 Å². The lowest BCUT2D eigenvalue weighted by Gasteiger charge is -2.24. The number of halogens is 1. The van der Waals surface area contributed by atoms with Crippen LogP contribution in [-0.4, -0.2) is 48.9 Å². The van der Waals surface area contributed by atoms with Crippen LogP contribution in [0.4, 0.5) is 0 Å². The van der Waals surface area contributed by atoms with Crippen molar-refractivity contribution in [1.29, 1.82) is 0 Å². The van der Waals surface area contributed by atoms with Crippen molar-refractivity contribution < 1.29 is 14.3 Å². The van der Waals surface area contributed by atoms with Gasteiger partial charge in [-0.05, 0) is 54.7 Å². The van der Waals surface area contributed by atoms with E-state index in [9.17, 15) is 9.59 Å². The van der Waals surface area contributed by atoms with Gasteiger partial charge in [-0.2, -0.15) is 0 Å². The van der Waals surface area contributed by atoms with E-state index in [-0.39, 0.29) is 23.8 Å². The van der Waals surface area contributed by atoms with Gasteiger partial charge in [-0.15, -0.1) is 0 Å². The van der Waals surface area contributed by atoms with Gasteiger partial charge in [-0.1, -0.05) is 66.2 Å². The maximum Gasteiger partial charge on any atom is 0.237 e. The van der Waals surface area contributed by atoms with E-state index >= 15 is 0 Å². The minimum absolute atomic E-state index is 0.0288. The van der Waals surface area contributed by atoms with E-state index in [1.54, 1.807) is 14.0 Å². The van der Waals surface area contributed by atoms with Gasteiger partial charge in [0.2, 0.25) is 5.91 Å². The number of carbonyl (C=O) groups is 2. The van der Waals surface area contributed by atoms with Crippen molar-refractivity contribution in [2.24, 2.45) is 0 Å². The number of ether oxygens (including phenoxy) is 1. The number of likely N-dealkylation sites (tertiary alicyclic amines) is 1. The fourth-order valence-corrected chi connectivity index (χ4v) is 4.90. The SMILES string of the molecule is COc1ccc(CN[C@H]2C[C@@H](C(=O)NCCc3ccc(C(C)=O)cc3)N(Cc3ccccc3Cl)C2)cc1. The molecule has 0 aliphatic carbocycles. The molecule has 1 saturated heterocycles. The molecule has 1 aliphatic heterocycles. The molecule has 6 nitrogen and oxygen atoms in total. The van der Waals surface area contributed by atoms with Gasteiger partial charge in [0.15, 0.2) is 5.78 Å². The Labute approximate surface area is 224 Å². The Morgan fingerprint density at radius 2 is 1.70 bits per heavy atom. The maximum atomic E-state index is 13.3. The molecule has 0 saturated carbocycles. The fraction of sp³-hybridized carbons (Fsp3) is 0.333. The van der Waals surface area contributed by atoms with Crippen molar-refractivity contribution in [3.8, 4) is 5.75 Å². The Balaban J connectivity index is 1.37. The van der Waals surface area contributed by atoms with Gasteiger partial charge in [-0.3, -0.25) is 14.5 Å². The van der Waals surface area contributed by atoms with Crippen LogP contribution in [-0.2, 0) is 24.3 Å². The summed E-state index contributed by atoms with van der Waals surface area (Å²) >= 11 is 6.44. The highest BCUT2D eigenvalue weighted by atomic mass is 35.5. The first-order chi connectivity index (χ1) is 17.9. The van der Waals surface area contributed by atoms with Gasteiger partial charge in [-0.25, -0.2) is 0 Å². The third kappa shape index (κ3) is 7.41. The second-order valence-corrected chi connectivity index (χ2v) is 9.90. The molecule has 7 heteroatoms. The number of nitrogens with one attached hydrogen (secondary N) is 2. The van der Waals surface area contributed by atoms with Crippen molar-refractivity contribution in [3.05, 3.63) is 100 Å². The van der Waals surface area contributed by atoms with Crippen molar-refractivity contribution in [1.82, 2.24) is 15.5 Å². The zero-order valence-electron chi connectivity index (χ0n) is 21.4. The third-order valence-corrected chi connectivity index (χ3v) is 7.23. The van der Waals surface area contributed by atoms with Crippen LogP contribution in [0.3, 0.4) is 0 Å². The summed E-state index contributed by atoms with van der Waals surface area (Å²) in [4.78, 5) is 27.0. The van der Waals surface area contributed by atoms with Crippen molar-refractivity contribution in [2.45, 2.75) is 44.9 Å². The number of rotatable bonds is 11. The standard InChI is InChI=1S/C30H34ClN3O3/c1-21(35)24-11-7-22(8-12-24)15-16-32-30(36)29-17-26(33-18-23-9-13-27(37-2)14-10-23)20-34(29)19-25-5-3-4-6-28(25)31/h3-14,26,29,33H,15-20H2,1-2H3,(H,32,36)/t26-,29-/m0/s1. The van der Waals surface area contributed by atoms with Crippen LogP contribution in [0.25, 0.3) is 0 Å². The number of methoxy groups -OCH3 is 1. The molecule has 0 unspecified atom stereocenters. The predicted molar refractivity (Wildman–Crippen MR) is 147 cm³/mol. The van der Waals surface area contributed by atoms with Gasteiger partial charge in [0, 0.05) is 42.8 Å². The summed E-state index contributed by atoms with van der Waals surface area (Å²) in [5.41, 5.74) is 3.97. The number of nitrogens with zero attached hydrogens (tertiary/aromatic N) is 1. The minimum Gasteiger partial charge on any atom is -0.497 e. The first-order valence-electron chi connectivity index (χ1n) is 12.6. The summed E-state index contributed by atoms with van der Waals surface area (Å²) in [5, 5.41) is 7.46. The highest BCUT2D eigenvalue weighted by Gasteiger charge is 2.36. The normalized spacial score (nSPS) is 17.5. The van der Waals surface area contributed by atoms with Gasteiger partial charge < -0.3 is 15.4 Å². The Kier molecular flexibility index (Phi) is 9.34. The molecular formula is C30H34ClN3O3. The summed E-state index contributed by atoms with van der Waals surface area (Å²) in [7, 11) is 1.66. The summed E-state index contributed by atoms with van der Waals surface area (Å²) in [6, 6.07) is 23.3. The number of carbonyl (C=O) groups excluding carboxylic acids is 2. The Hall–Kier alpha value is -3.19. The monoisotopic (exact) mass is 519 g/mol. The molecule has 4 rings (SSSR count). The maximum absolute atomic E-state index is 13.3. The molecule has 1 heterocycles. The zero-order chi connectivity index (χ0) is 26.2. The quantitative estimate of drug-likeness (QED) is 0.361. The number of amides is 1. The zero-order valence-corrected chi connectivity index (χ0v) is 22.1. The Morgan fingerprint density at radius 3 is 2.38 bits per heavy atom. The lowest BCUT2D eigenvalue weighted by atomic mass is 10.1. The second kappa shape index (κ2) is 12.9. The molecule has 1 amide bonds. The first-order valence-corrected chi connectivity index (χ1v) is 13.0. The highest BCUT2D eigenvalue weighted by molar-refractivity contribution is 6.31. The Morgan fingerprint density at radius 1 is 1.00 bits per heavy atom. The largest absolute Gasteiger partial charge is 0.497 e. The molecule has 1 fully saturated rings. The molecule has 2 atom stereocenters. The van der Waals surface area contributed by atoms with Crippen LogP contribution in [0.5, 0.6) is 5.75 Å². The molecule has 0 bridgehead atoms. The lowest BCUT2D eigenvalue weighted by molar-refractivity contribution is -0.125. The van der Waals surface area contributed by atoms with Gasteiger partial charge in [0.1, 0.15) is 5.75 Å². The highest BCUT2D eigenvalue weighted by Crippen LogP contribution is 2.25. The van der Waals surface area contributed by atoms with Crippen molar-refractivity contribution >= 4 is 23.3 Å². The van der Waals surface area contributed by atoms with Crippen LogP contribution < -0.4 is 15.4 Å². The number of benzene rings is 3. The lowest BCUT2D eigenvalue weighted by Crippen LogP contribution is -2.43. The van der Waals surface area contributed by atoms with E-state index in [1.165, 1.54) is 5.56 Å². The van der Waals surface area contributed by atoms with Crippen LogP contribution in [0.15, 0.2) is 72.8 Å². The first kappa shape index (κ1) is 26.9. The average molecular weight is 520 g/mol. The smallest absolute Gasteiger partial charge is 0.237 e. The minimum atomic E-state index is -0.246.